The smallest absolute Gasteiger partial charge is 0.0304 e. The van der Waals surface area contributed by atoms with Crippen molar-refractivity contribution in [1.82, 2.24) is 5.32 Å². The van der Waals surface area contributed by atoms with E-state index in [1.165, 1.54) is 70.6 Å². The maximum atomic E-state index is 6.14. The van der Waals surface area contributed by atoms with Gasteiger partial charge in [-0.25, -0.2) is 0 Å². The number of hydrogen-bond acceptors (Lipinski definition) is 2. The number of hydrogen-bond donors (Lipinski definition) is 2. The topological polar surface area (TPSA) is 38.0 Å². The zero-order chi connectivity index (χ0) is 14.0. The van der Waals surface area contributed by atoms with Gasteiger partial charge in [0.25, 0.3) is 0 Å². The van der Waals surface area contributed by atoms with E-state index in [9.17, 15) is 0 Å². The molecule has 1 aliphatic carbocycles. The molecule has 2 nitrogen and oxygen atoms in total. The highest BCUT2D eigenvalue weighted by Crippen LogP contribution is 2.24. The molecule has 0 saturated heterocycles. The summed E-state index contributed by atoms with van der Waals surface area (Å²) in [6.45, 7) is 6.48. The summed E-state index contributed by atoms with van der Waals surface area (Å²) in [6.07, 6.45) is 15.2. The number of nitrogens with two attached hydrogens (primary N) is 1. The molecule has 0 spiro atoms. The Hall–Kier alpha value is -0.0800. The fourth-order valence-corrected chi connectivity index (χ4v) is 3.16. The van der Waals surface area contributed by atoms with Gasteiger partial charge in [0.2, 0.25) is 0 Å². The maximum Gasteiger partial charge on any atom is 0.0304 e. The average molecular weight is 268 g/mol. The lowest BCUT2D eigenvalue weighted by Gasteiger charge is -2.35. The molecule has 3 N–H and O–H groups in total. The van der Waals surface area contributed by atoms with Crippen LogP contribution in [0.2, 0.25) is 0 Å². The Labute approximate surface area is 120 Å². The van der Waals surface area contributed by atoms with E-state index in [-0.39, 0.29) is 5.54 Å². The lowest BCUT2D eigenvalue weighted by molar-refractivity contribution is 0.257. The quantitative estimate of drug-likeness (QED) is 0.800. The summed E-state index contributed by atoms with van der Waals surface area (Å²) >= 11 is 0. The van der Waals surface area contributed by atoms with Crippen LogP contribution in [0, 0.1) is 5.92 Å². The molecule has 0 heterocycles. The van der Waals surface area contributed by atoms with Gasteiger partial charge >= 0.3 is 0 Å². The molecule has 0 aromatic carbocycles. The summed E-state index contributed by atoms with van der Waals surface area (Å²) in [5.74, 6) is 0.713. The van der Waals surface area contributed by atoms with Crippen LogP contribution in [0.15, 0.2) is 0 Å². The van der Waals surface area contributed by atoms with Crippen LogP contribution >= 0.6 is 0 Å². The van der Waals surface area contributed by atoms with Crippen molar-refractivity contribution in [1.29, 1.82) is 0 Å². The molecule has 0 unspecified atom stereocenters. The van der Waals surface area contributed by atoms with Gasteiger partial charge in [-0.3, -0.25) is 0 Å². The van der Waals surface area contributed by atoms with E-state index in [4.69, 9.17) is 5.73 Å². The molecule has 114 valence electrons. The molecule has 0 atom stereocenters. The molecule has 0 amide bonds. The molecule has 0 aromatic heterocycles. The molecular weight excluding hydrogens is 232 g/mol. The Balaban J connectivity index is 2.50. The summed E-state index contributed by atoms with van der Waals surface area (Å²) in [6, 6.07) is 0. The minimum absolute atomic E-state index is 0.226. The van der Waals surface area contributed by atoms with Crippen LogP contribution in [-0.2, 0) is 0 Å². The van der Waals surface area contributed by atoms with E-state index in [1.807, 2.05) is 0 Å². The first-order chi connectivity index (χ1) is 9.18. The molecule has 0 bridgehead atoms. The molecule has 1 aliphatic rings. The van der Waals surface area contributed by atoms with Gasteiger partial charge in [-0.05, 0) is 25.3 Å². The second-order valence-electron chi connectivity index (χ2n) is 6.94. The first kappa shape index (κ1) is 17.0. The van der Waals surface area contributed by atoms with Crippen molar-refractivity contribution in [2.24, 2.45) is 11.7 Å². The molecule has 1 rings (SSSR count). The Bertz CT molecular complexity index is 201. The van der Waals surface area contributed by atoms with Gasteiger partial charge in [-0.2, -0.15) is 0 Å². The van der Waals surface area contributed by atoms with E-state index in [0.29, 0.717) is 5.92 Å². The van der Waals surface area contributed by atoms with Gasteiger partial charge in [0.1, 0.15) is 0 Å². The molecule has 1 fully saturated rings. The normalized spacial score (nSPS) is 22.7. The molecular formula is C17H36N2. The van der Waals surface area contributed by atoms with Gasteiger partial charge in [0.05, 0.1) is 0 Å². The van der Waals surface area contributed by atoms with E-state index in [1.54, 1.807) is 0 Å². The minimum Gasteiger partial charge on any atom is -0.329 e. The average Bonchev–Trinajstić information content (AvgIpc) is 2.39. The third-order valence-electron chi connectivity index (χ3n) is 4.59. The van der Waals surface area contributed by atoms with E-state index in [0.717, 1.165) is 13.1 Å². The van der Waals surface area contributed by atoms with Crippen LogP contribution in [-0.4, -0.2) is 18.6 Å². The van der Waals surface area contributed by atoms with Crippen molar-refractivity contribution in [3.05, 3.63) is 0 Å². The summed E-state index contributed by atoms with van der Waals surface area (Å²) in [4.78, 5) is 0. The monoisotopic (exact) mass is 268 g/mol. The van der Waals surface area contributed by atoms with Crippen LogP contribution < -0.4 is 11.1 Å². The van der Waals surface area contributed by atoms with Crippen molar-refractivity contribution in [2.45, 2.75) is 90.0 Å². The van der Waals surface area contributed by atoms with Gasteiger partial charge < -0.3 is 11.1 Å². The fraction of sp³-hybridized carbons (Fsp3) is 1.00. The largest absolute Gasteiger partial charge is 0.329 e. The standard InChI is InChI=1S/C17H36N2/c1-16(2)14-19-17(15-18)12-10-8-6-4-3-5-7-9-11-13-17/h16,19H,3-15,18H2,1-2H3. The van der Waals surface area contributed by atoms with Gasteiger partial charge in [-0.15, -0.1) is 0 Å². The van der Waals surface area contributed by atoms with E-state index < -0.39 is 0 Å². The molecule has 1 saturated carbocycles. The van der Waals surface area contributed by atoms with Crippen molar-refractivity contribution in [3.63, 3.8) is 0 Å². The Morgan fingerprint density at radius 2 is 1.26 bits per heavy atom. The van der Waals surface area contributed by atoms with Crippen LogP contribution in [0.4, 0.5) is 0 Å². The molecule has 19 heavy (non-hydrogen) atoms. The lowest BCUT2D eigenvalue weighted by Crippen LogP contribution is -2.52. The molecule has 2 heteroatoms. The Kier molecular flexibility index (Phi) is 8.72. The highest BCUT2D eigenvalue weighted by molar-refractivity contribution is 4.89. The van der Waals surface area contributed by atoms with Gasteiger partial charge in [0, 0.05) is 12.1 Å². The fourth-order valence-electron chi connectivity index (χ4n) is 3.16. The predicted octanol–water partition coefficient (Wildman–Crippen LogP) is 4.23. The van der Waals surface area contributed by atoms with Gasteiger partial charge in [-0.1, -0.05) is 71.6 Å². The van der Waals surface area contributed by atoms with Crippen LogP contribution in [0.1, 0.15) is 84.5 Å². The summed E-state index contributed by atoms with van der Waals surface area (Å²) < 4.78 is 0. The van der Waals surface area contributed by atoms with Crippen LogP contribution in [0.25, 0.3) is 0 Å². The Morgan fingerprint density at radius 3 is 1.63 bits per heavy atom. The van der Waals surface area contributed by atoms with Crippen molar-refractivity contribution in [3.8, 4) is 0 Å². The van der Waals surface area contributed by atoms with Crippen molar-refractivity contribution >= 4 is 0 Å². The third kappa shape index (κ3) is 7.31. The predicted molar refractivity (Wildman–Crippen MR) is 85.4 cm³/mol. The summed E-state index contributed by atoms with van der Waals surface area (Å²) in [7, 11) is 0. The molecule has 0 aromatic rings. The van der Waals surface area contributed by atoms with E-state index >= 15 is 0 Å². The second kappa shape index (κ2) is 9.77. The van der Waals surface area contributed by atoms with Crippen molar-refractivity contribution in [2.75, 3.05) is 13.1 Å². The second-order valence-corrected chi connectivity index (χ2v) is 6.94. The first-order valence-electron chi connectivity index (χ1n) is 8.64. The molecule has 0 radical (unpaired) electrons. The first-order valence-corrected chi connectivity index (χ1v) is 8.64. The molecule has 0 aliphatic heterocycles. The maximum absolute atomic E-state index is 6.14. The highest BCUT2D eigenvalue weighted by Gasteiger charge is 2.27. The Morgan fingerprint density at radius 1 is 0.842 bits per heavy atom. The highest BCUT2D eigenvalue weighted by atomic mass is 15.0. The van der Waals surface area contributed by atoms with Crippen LogP contribution in [0.5, 0.6) is 0 Å². The van der Waals surface area contributed by atoms with E-state index in [2.05, 4.69) is 19.2 Å². The number of rotatable bonds is 4. The third-order valence-corrected chi connectivity index (χ3v) is 4.59. The van der Waals surface area contributed by atoms with Crippen LogP contribution in [0.3, 0.4) is 0 Å². The number of nitrogens with one attached hydrogen (secondary N) is 1. The summed E-state index contributed by atoms with van der Waals surface area (Å²) in [5, 5.41) is 3.81. The summed E-state index contributed by atoms with van der Waals surface area (Å²) in [5.41, 5.74) is 6.37. The zero-order valence-corrected chi connectivity index (χ0v) is 13.3. The lowest BCUT2D eigenvalue weighted by atomic mass is 9.85. The SMILES string of the molecule is CC(C)CNC1(CN)CCCCCCCCCCC1. The zero-order valence-electron chi connectivity index (χ0n) is 13.3. The van der Waals surface area contributed by atoms with Gasteiger partial charge in [0.15, 0.2) is 0 Å². The van der Waals surface area contributed by atoms with Crippen molar-refractivity contribution < 1.29 is 0 Å². The minimum atomic E-state index is 0.226.